The number of carbonyl (C=O) groups is 1. The van der Waals surface area contributed by atoms with Gasteiger partial charge in [-0.2, -0.15) is 5.10 Å². The third-order valence-electron chi connectivity index (χ3n) is 5.06. The molecular weight excluding hydrogens is 352 g/mol. The molecule has 4 rings (SSSR count). The first-order valence-corrected chi connectivity index (χ1v) is 9.51. The molecule has 0 saturated carbocycles. The lowest BCUT2D eigenvalue weighted by atomic mass is 10.1. The fourth-order valence-corrected chi connectivity index (χ4v) is 3.38. The van der Waals surface area contributed by atoms with E-state index in [1.807, 2.05) is 30.3 Å². The van der Waals surface area contributed by atoms with Crippen molar-refractivity contribution in [3.8, 4) is 17.0 Å². The van der Waals surface area contributed by atoms with Crippen LogP contribution in [0.25, 0.3) is 11.3 Å². The average Bonchev–Trinajstić information content (AvgIpc) is 3.20. The smallest absolute Gasteiger partial charge is 0.269 e. The molecule has 0 aliphatic carbocycles. The van der Waals surface area contributed by atoms with Crippen molar-refractivity contribution >= 4 is 5.91 Å². The third-order valence-corrected chi connectivity index (χ3v) is 5.06. The van der Waals surface area contributed by atoms with Gasteiger partial charge in [0.05, 0.1) is 19.3 Å². The van der Waals surface area contributed by atoms with Gasteiger partial charge in [0.2, 0.25) is 0 Å². The minimum Gasteiger partial charge on any atom is -0.497 e. The molecule has 3 aromatic rings. The molecule has 144 valence electrons. The third kappa shape index (κ3) is 3.64. The molecule has 2 heterocycles. The molecule has 28 heavy (non-hydrogen) atoms. The van der Waals surface area contributed by atoms with Crippen LogP contribution in [0.5, 0.6) is 5.75 Å². The molecule has 0 radical (unpaired) electrons. The summed E-state index contributed by atoms with van der Waals surface area (Å²) in [5, 5.41) is 11.1. The van der Waals surface area contributed by atoms with Crippen molar-refractivity contribution in [1.29, 1.82) is 0 Å². The number of benzene rings is 2. The molecule has 1 unspecified atom stereocenters. The number of ether oxygens (including phenoxy) is 1. The van der Waals surface area contributed by atoms with Gasteiger partial charge in [0.1, 0.15) is 17.6 Å². The Morgan fingerprint density at radius 1 is 1.18 bits per heavy atom. The molecule has 0 saturated heterocycles. The summed E-state index contributed by atoms with van der Waals surface area (Å²) in [6.45, 7) is 3.35. The predicted molar refractivity (Wildman–Crippen MR) is 108 cm³/mol. The molecule has 6 nitrogen and oxygen atoms in total. The lowest BCUT2D eigenvalue weighted by Crippen LogP contribution is -2.45. The van der Waals surface area contributed by atoms with Crippen LogP contribution in [0.15, 0.2) is 54.6 Å². The number of hydrogen-bond acceptors (Lipinski definition) is 4. The quantitative estimate of drug-likeness (QED) is 0.693. The highest BCUT2D eigenvalue weighted by Gasteiger charge is 2.27. The average molecular weight is 376 g/mol. The zero-order valence-corrected chi connectivity index (χ0v) is 16.1. The van der Waals surface area contributed by atoms with E-state index in [0.717, 1.165) is 23.4 Å². The first-order chi connectivity index (χ1) is 13.7. The lowest BCUT2D eigenvalue weighted by molar-refractivity contribution is 0.0900. The van der Waals surface area contributed by atoms with Crippen LogP contribution < -0.4 is 15.4 Å². The highest BCUT2D eigenvalue weighted by Crippen LogP contribution is 2.26. The summed E-state index contributed by atoms with van der Waals surface area (Å²) in [7, 11) is 1.64. The molecule has 0 fully saturated rings. The van der Waals surface area contributed by atoms with Gasteiger partial charge < -0.3 is 10.1 Å². The summed E-state index contributed by atoms with van der Waals surface area (Å²) in [6, 6.07) is 18.1. The largest absolute Gasteiger partial charge is 0.497 e. The minimum absolute atomic E-state index is 0.0992. The molecule has 1 atom stereocenters. The van der Waals surface area contributed by atoms with E-state index < -0.39 is 0 Å². The van der Waals surface area contributed by atoms with E-state index in [9.17, 15) is 4.79 Å². The van der Waals surface area contributed by atoms with Gasteiger partial charge in [-0.1, -0.05) is 43.3 Å². The molecule has 1 aromatic heterocycles. The van der Waals surface area contributed by atoms with Crippen molar-refractivity contribution in [2.24, 2.45) is 0 Å². The Balaban J connectivity index is 1.56. The number of aromatic nitrogens is 2. The zero-order chi connectivity index (χ0) is 19.5. The second kappa shape index (κ2) is 7.86. The van der Waals surface area contributed by atoms with Gasteiger partial charge in [-0.3, -0.25) is 10.1 Å². The Kier molecular flexibility index (Phi) is 5.12. The maximum atomic E-state index is 12.3. The van der Waals surface area contributed by atoms with Crippen molar-refractivity contribution < 1.29 is 9.53 Å². The van der Waals surface area contributed by atoms with Crippen molar-refractivity contribution in [2.75, 3.05) is 13.7 Å². The fourth-order valence-electron chi connectivity index (χ4n) is 3.38. The first-order valence-electron chi connectivity index (χ1n) is 9.51. The summed E-state index contributed by atoms with van der Waals surface area (Å²) >= 11 is 0. The summed E-state index contributed by atoms with van der Waals surface area (Å²) in [5.74, 6) is 0.658. The van der Waals surface area contributed by atoms with Crippen molar-refractivity contribution in [1.82, 2.24) is 20.4 Å². The molecule has 1 aliphatic heterocycles. The Morgan fingerprint density at radius 3 is 2.71 bits per heavy atom. The number of carbonyl (C=O) groups excluding carboxylic acids is 1. The number of nitrogens with zero attached hydrogens (tertiary/aromatic N) is 2. The molecule has 2 aromatic carbocycles. The second-order valence-corrected chi connectivity index (χ2v) is 6.87. The summed E-state index contributed by atoms with van der Waals surface area (Å²) in [6.07, 6.45) is 0.935. The van der Waals surface area contributed by atoms with Gasteiger partial charge in [-0.05, 0) is 35.7 Å². The number of fused-ring (bicyclic) bond motifs is 1. The molecule has 0 bridgehead atoms. The molecule has 1 aliphatic rings. The van der Waals surface area contributed by atoms with Crippen LogP contribution in [-0.4, -0.2) is 29.3 Å². The van der Waals surface area contributed by atoms with E-state index in [0.29, 0.717) is 18.8 Å². The molecule has 2 N–H and O–H groups in total. The Morgan fingerprint density at radius 2 is 1.96 bits per heavy atom. The number of aryl methyl sites for hydroxylation is 1. The number of rotatable bonds is 6. The fraction of sp³-hybridized carbons (Fsp3) is 0.273. The summed E-state index contributed by atoms with van der Waals surface area (Å²) in [5.41, 5.74) is 4.76. The van der Waals surface area contributed by atoms with Gasteiger partial charge in [-0.15, -0.1) is 0 Å². The Labute approximate surface area is 164 Å². The van der Waals surface area contributed by atoms with Crippen molar-refractivity contribution in [3.63, 3.8) is 0 Å². The monoisotopic (exact) mass is 376 g/mol. The number of nitrogens with one attached hydrogen (secondary N) is 2. The topological polar surface area (TPSA) is 68.2 Å². The van der Waals surface area contributed by atoms with E-state index in [1.165, 1.54) is 11.1 Å². The van der Waals surface area contributed by atoms with E-state index in [2.05, 4.69) is 41.8 Å². The highest BCUT2D eigenvalue weighted by molar-refractivity contribution is 5.94. The maximum Gasteiger partial charge on any atom is 0.269 e. The van der Waals surface area contributed by atoms with Crippen molar-refractivity contribution in [2.45, 2.75) is 26.1 Å². The minimum atomic E-state index is -0.105. The predicted octanol–water partition coefficient (Wildman–Crippen LogP) is 3.15. The molecule has 6 heteroatoms. The molecule has 1 amide bonds. The van der Waals surface area contributed by atoms with E-state index >= 15 is 0 Å². The van der Waals surface area contributed by atoms with Crippen LogP contribution in [0.3, 0.4) is 0 Å². The Hall–Kier alpha value is -3.12. The van der Waals surface area contributed by atoms with Crippen molar-refractivity contribution in [3.05, 3.63) is 71.4 Å². The number of amides is 1. The first kappa shape index (κ1) is 18.3. The standard InChI is InChI=1S/C22H24N4O2/c1-3-15-7-9-16(10-8-15)13-23-21-14-24-22(27)20-12-19(25-26(20)21)17-5-4-6-18(11-17)28-2/h4-12,21,23H,3,13-14H2,1-2H3,(H,24,27). The van der Waals surface area contributed by atoms with Gasteiger partial charge in [0.25, 0.3) is 5.91 Å². The normalized spacial score (nSPS) is 15.8. The SMILES string of the molecule is CCc1ccc(CNC2CNC(=O)c3cc(-c4cccc(OC)c4)nn32)cc1. The molecular formula is C22H24N4O2. The summed E-state index contributed by atoms with van der Waals surface area (Å²) in [4.78, 5) is 12.3. The summed E-state index contributed by atoms with van der Waals surface area (Å²) < 4.78 is 7.08. The van der Waals surface area contributed by atoms with Crippen LogP contribution in [0.4, 0.5) is 0 Å². The van der Waals surface area contributed by atoms with E-state index in [1.54, 1.807) is 11.8 Å². The number of methoxy groups -OCH3 is 1. The highest BCUT2D eigenvalue weighted by atomic mass is 16.5. The Bertz CT molecular complexity index is 978. The van der Waals surface area contributed by atoms with E-state index in [-0.39, 0.29) is 12.1 Å². The van der Waals surface area contributed by atoms with E-state index in [4.69, 9.17) is 9.84 Å². The maximum absolute atomic E-state index is 12.3. The molecule has 0 spiro atoms. The van der Waals surface area contributed by atoms with Gasteiger partial charge in [-0.25, -0.2) is 4.68 Å². The van der Waals surface area contributed by atoms with Crippen LogP contribution in [-0.2, 0) is 13.0 Å². The van der Waals surface area contributed by atoms with Gasteiger partial charge in [0, 0.05) is 12.1 Å². The van der Waals surface area contributed by atoms with Crippen LogP contribution in [0.2, 0.25) is 0 Å². The van der Waals surface area contributed by atoms with Crippen LogP contribution in [0.1, 0.15) is 34.7 Å². The second-order valence-electron chi connectivity index (χ2n) is 6.87. The zero-order valence-electron chi connectivity index (χ0n) is 16.1. The lowest BCUT2D eigenvalue weighted by Gasteiger charge is -2.25. The van der Waals surface area contributed by atoms with Gasteiger partial charge >= 0.3 is 0 Å². The number of hydrogen-bond donors (Lipinski definition) is 2. The van der Waals surface area contributed by atoms with Crippen LogP contribution in [0, 0.1) is 0 Å². The van der Waals surface area contributed by atoms with Gasteiger partial charge in [0.15, 0.2) is 0 Å². The van der Waals surface area contributed by atoms with Crippen LogP contribution >= 0.6 is 0 Å².